The normalized spacial score (nSPS) is 20.1. The Morgan fingerprint density at radius 2 is 2.09 bits per heavy atom. The van der Waals surface area contributed by atoms with Crippen LogP contribution in [0.3, 0.4) is 0 Å². The zero-order chi connectivity index (χ0) is 16.1. The Morgan fingerprint density at radius 3 is 2.82 bits per heavy atom. The lowest BCUT2D eigenvalue weighted by molar-refractivity contribution is 0.115. The number of piperazine rings is 1. The van der Waals surface area contributed by atoms with E-state index < -0.39 is 0 Å². The van der Waals surface area contributed by atoms with Crippen LogP contribution in [0.15, 0.2) is 24.3 Å². The first kappa shape index (κ1) is 16.8. The predicted molar refractivity (Wildman–Crippen MR) is 91.5 cm³/mol. The molecule has 5 nitrogen and oxygen atoms in total. The maximum absolute atomic E-state index is 12.1. The molecule has 0 radical (unpaired) electrons. The smallest absolute Gasteiger partial charge is 0.319 e. The summed E-state index contributed by atoms with van der Waals surface area (Å²) >= 11 is 0. The van der Waals surface area contributed by atoms with Gasteiger partial charge in [0, 0.05) is 37.9 Å². The van der Waals surface area contributed by atoms with Gasteiger partial charge in [-0.05, 0) is 37.7 Å². The van der Waals surface area contributed by atoms with Gasteiger partial charge in [0.25, 0.3) is 0 Å². The maximum Gasteiger partial charge on any atom is 0.319 e. The molecule has 1 aromatic rings. The summed E-state index contributed by atoms with van der Waals surface area (Å²) in [6.45, 7) is 8.07. The maximum atomic E-state index is 12.1. The lowest BCUT2D eigenvalue weighted by atomic mass is 10.0. The number of anilines is 1. The number of benzene rings is 1. The second-order valence-electron chi connectivity index (χ2n) is 6.51. The van der Waals surface area contributed by atoms with E-state index in [0.29, 0.717) is 18.5 Å². The summed E-state index contributed by atoms with van der Waals surface area (Å²) in [5, 5.41) is 5.90. The van der Waals surface area contributed by atoms with Crippen molar-refractivity contribution >= 4 is 11.7 Å². The van der Waals surface area contributed by atoms with Gasteiger partial charge in [0.1, 0.15) is 0 Å². The molecule has 0 aromatic heterocycles. The summed E-state index contributed by atoms with van der Waals surface area (Å²) in [7, 11) is 4.24. The third kappa shape index (κ3) is 4.71. The molecule has 22 heavy (non-hydrogen) atoms. The largest absolute Gasteiger partial charge is 0.336 e. The zero-order valence-electron chi connectivity index (χ0n) is 14.1. The quantitative estimate of drug-likeness (QED) is 0.896. The van der Waals surface area contributed by atoms with Gasteiger partial charge in [-0.25, -0.2) is 4.79 Å². The van der Waals surface area contributed by atoms with E-state index in [-0.39, 0.29) is 6.03 Å². The SMILES string of the molecule is CC(C)c1cccc(NC(=O)NC[C@H]2CN(C)CCN2C)c1. The Labute approximate surface area is 133 Å². The number of nitrogens with zero attached hydrogens (tertiary/aromatic N) is 2. The lowest BCUT2D eigenvalue weighted by Gasteiger charge is -2.37. The highest BCUT2D eigenvalue weighted by Gasteiger charge is 2.22. The summed E-state index contributed by atoms with van der Waals surface area (Å²) in [5.74, 6) is 0.455. The van der Waals surface area contributed by atoms with Gasteiger partial charge < -0.3 is 15.5 Å². The van der Waals surface area contributed by atoms with Gasteiger partial charge in [0.2, 0.25) is 0 Å². The fraction of sp³-hybridized carbons (Fsp3) is 0.588. The van der Waals surface area contributed by atoms with Crippen LogP contribution in [0.5, 0.6) is 0 Å². The Bertz CT molecular complexity index is 503. The standard InChI is InChI=1S/C17H28N4O/c1-13(2)14-6-5-7-15(10-14)19-17(22)18-11-16-12-20(3)8-9-21(16)4/h5-7,10,13,16H,8-9,11-12H2,1-4H3,(H2,18,19,22)/t16-/m0/s1. The second kappa shape index (κ2) is 7.61. The summed E-state index contributed by atoms with van der Waals surface area (Å²) in [6.07, 6.45) is 0. The van der Waals surface area contributed by atoms with E-state index in [9.17, 15) is 4.79 Å². The van der Waals surface area contributed by atoms with Crippen molar-refractivity contribution in [1.29, 1.82) is 0 Å². The van der Waals surface area contributed by atoms with Crippen molar-refractivity contribution in [2.45, 2.75) is 25.8 Å². The van der Waals surface area contributed by atoms with Crippen molar-refractivity contribution in [3.05, 3.63) is 29.8 Å². The number of carbonyl (C=O) groups is 1. The number of urea groups is 1. The molecule has 1 aliphatic heterocycles. The summed E-state index contributed by atoms with van der Waals surface area (Å²) < 4.78 is 0. The van der Waals surface area contributed by atoms with Gasteiger partial charge in [-0.1, -0.05) is 26.0 Å². The minimum atomic E-state index is -0.137. The first-order valence-electron chi connectivity index (χ1n) is 7.99. The summed E-state index contributed by atoms with van der Waals surface area (Å²) in [5.41, 5.74) is 2.07. The van der Waals surface area contributed by atoms with Crippen molar-refractivity contribution in [1.82, 2.24) is 15.1 Å². The van der Waals surface area contributed by atoms with Crippen LogP contribution in [-0.4, -0.2) is 62.1 Å². The molecule has 0 spiro atoms. The Hall–Kier alpha value is -1.59. The molecule has 0 saturated carbocycles. The zero-order valence-corrected chi connectivity index (χ0v) is 14.1. The van der Waals surface area contributed by atoms with E-state index in [4.69, 9.17) is 0 Å². The highest BCUT2D eigenvalue weighted by atomic mass is 16.2. The van der Waals surface area contributed by atoms with Crippen molar-refractivity contribution < 1.29 is 4.79 Å². The molecular formula is C17H28N4O. The number of nitrogens with one attached hydrogen (secondary N) is 2. The summed E-state index contributed by atoms with van der Waals surface area (Å²) in [4.78, 5) is 16.7. The molecule has 1 aliphatic rings. The Kier molecular flexibility index (Phi) is 5.80. The monoisotopic (exact) mass is 304 g/mol. The molecule has 0 bridgehead atoms. The molecule has 5 heteroatoms. The van der Waals surface area contributed by atoms with Gasteiger partial charge in [0.15, 0.2) is 0 Å². The van der Waals surface area contributed by atoms with E-state index in [1.165, 1.54) is 5.56 Å². The molecule has 1 saturated heterocycles. The molecule has 2 rings (SSSR count). The molecule has 2 N–H and O–H groups in total. The Morgan fingerprint density at radius 1 is 1.32 bits per heavy atom. The highest BCUT2D eigenvalue weighted by molar-refractivity contribution is 5.89. The van der Waals surface area contributed by atoms with Crippen LogP contribution >= 0.6 is 0 Å². The van der Waals surface area contributed by atoms with E-state index >= 15 is 0 Å². The highest BCUT2D eigenvalue weighted by Crippen LogP contribution is 2.18. The van der Waals surface area contributed by atoms with Crippen LogP contribution in [0, 0.1) is 0 Å². The number of carbonyl (C=O) groups excluding carboxylic acids is 1. The van der Waals surface area contributed by atoms with Crippen LogP contribution in [0.1, 0.15) is 25.3 Å². The molecule has 0 aliphatic carbocycles. The summed E-state index contributed by atoms with van der Waals surface area (Å²) in [6, 6.07) is 8.25. The Balaban J connectivity index is 1.84. The molecular weight excluding hydrogens is 276 g/mol. The molecule has 1 fully saturated rings. The minimum absolute atomic E-state index is 0.137. The number of hydrogen-bond acceptors (Lipinski definition) is 3. The third-order valence-corrected chi connectivity index (χ3v) is 4.29. The molecule has 122 valence electrons. The van der Waals surface area contributed by atoms with Gasteiger partial charge in [-0.2, -0.15) is 0 Å². The molecule has 1 heterocycles. The number of hydrogen-bond donors (Lipinski definition) is 2. The van der Waals surface area contributed by atoms with E-state index in [1.807, 2.05) is 18.2 Å². The number of likely N-dealkylation sites (N-methyl/N-ethyl adjacent to an activating group) is 2. The van der Waals surface area contributed by atoms with Crippen LogP contribution < -0.4 is 10.6 Å². The predicted octanol–water partition coefficient (Wildman–Crippen LogP) is 2.18. The van der Waals surface area contributed by atoms with E-state index in [1.54, 1.807) is 0 Å². The van der Waals surface area contributed by atoms with Crippen molar-refractivity contribution in [2.24, 2.45) is 0 Å². The van der Waals surface area contributed by atoms with Crippen LogP contribution in [0.2, 0.25) is 0 Å². The first-order chi connectivity index (χ1) is 10.5. The van der Waals surface area contributed by atoms with Crippen molar-refractivity contribution in [3.8, 4) is 0 Å². The van der Waals surface area contributed by atoms with Gasteiger partial charge >= 0.3 is 6.03 Å². The second-order valence-corrected chi connectivity index (χ2v) is 6.51. The first-order valence-corrected chi connectivity index (χ1v) is 7.99. The van der Waals surface area contributed by atoms with Gasteiger partial charge in [-0.15, -0.1) is 0 Å². The third-order valence-electron chi connectivity index (χ3n) is 4.29. The van der Waals surface area contributed by atoms with Crippen LogP contribution in [0.25, 0.3) is 0 Å². The molecule has 2 amide bonds. The molecule has 1 aromatic carbocycles. The van der Waals surface area contributed by atoms with E-state index in [2.05, 4.69) is 54.4 Å². The fourth-order valence-electron chi connectivity index (χ4n) is 2.68. The average Bonchev–Trinajstić information content (AvgIpc) is 2.48. The number of rotatable bonds is 4. The average molecular weight is 304 g/mol. The van der Waals surface area contributed by atoms with Gasteiger partial charge in [0.05, 0.1) is 0 Å². The minimum Gasteiger partial charge on any atom is -0.336 e. The number of amides is 2. The topological polar surface area (TPSA) is 47.6 Å². The molecule has 1 atom stereocenters. The lowest BCUT2D eigenvalue weighted by Crippen LogP contribution is -2.54. The van der Waals surface area contributed by atoms with Crippen LogP contribution in [0.4, 0.5) is 10.5 Å². The van der Waals surface area contributed by atoms with Gasteiger partial charge in [-0.3, -0.25) is 4.90 Å². The van der Waals surface area contributed by atoms with E-state index in [0.717, 1.165) is 25.3 Å². The molecule has 0 unspecified atom stereocenters. The van der Waals surface area contributed by atoms with Crippen LogP contribution in [-0.2, 0) is 0 Å². The van der Waals surface area contributed by atoms with Crippen molar-refractivity contribution in [3.63, 3.8) is 0 Å². The van der Waals surface area contributed by atoms with Crippen molar-refractivity contribution in [2.75, 3.05) is 45.6 Å². The fourth-order valence-corrected chi connectivity index (χ4v) is 2.68.